The standard InChI is InChI=1S/C30H26BrN7O4/c1-16-4-7-25(31)34-28(16)35-29(42)23-11-30(15-39)9-8-24(30)38(23)26(41)14-37-22-6-5-19(20-12-32-18(3)33-13-20)10-21(22)27(36-37)17(2)40/h4-7,10,12-13,23-24,39H,11,14-15H2,1-3H3,(H,34,35,42)/t23-,24+,30+/m0/s1. The van der Waals surface area contributed by atoms with E-state index in [-0.39, 0.29) is 31.0 Å². The van der Waals surface area contributed by atoms with Crippen molar-refractivity contribution in [1.29, 1.82) is 0 Å². The van der Waals surface area contributed by atoms with E-state index in [1.807, 2.05) is 25.1 Å². The highest BCUT2D eigenvalue weighted by Gasteiger charge is 2.58. The van der Waals surface area contributed by atoms with E-state index in [1.165, 1.54) is 16.5 Å². The maximum Gasteiger partial charge on any atom is 0.248 e. The topological polar surface area (TPSA) is 143 Å². The minimum absolute atomic E-state index is 0.187. The lowest BCUT2D eigenvalue weighted by molar-refractivity contribution is -0.138. The van der Waals surface area contributed by atoms with Crippen molar-refractivity contribution < 1.29 is 19.5 Å². The van der Waals surface area contributed by atoms with Crippen LogP contribution in [0.5, 0.6) is 0 Å². The van der Waals surface area contributed by atoms with Crippen LogP contribution in [0.15, 0.2) is 47.3 Å². The number of likely N-dealkylation sites (tertiary alicyclic amines) is 1. The number of carbonyl (C=O) groups excluding carboxylic acids is 3. The van der Waals surface area contributed by atoms with Crippen molar-refractivity contribution >= 4 is 50.2 Å². The number of anilines is 1. The first-order valence-electron chi connectivity index (χ1n) is 13.3. The van der Waals surface area contributed by atoms with Crippen molar-refractivity contribution in [3.63, 3.8) is 0 Å². The smallest absolute Gasteiger partial charge is 0.248 e. The van der Waals surface area contributed by atoms with Crippen LogP contribution < -0.4 is 5.32 Å². The number of aromatic nitrogens is 5. The normalized spacial score (nSPS) is 20.5. The largest absolute Gasteiger partial charge is 0.395 e. The van der Waals surface area contributed by atoms with E-state index in [4.69, 9.17) is 0 Å². The minimum Gasteiger partial charge on any atom is -0.395 e. The van der Waals surface area contributed by atoms with Gasteiger partial charge in [-0.3, -0.25) is 19.1 Å². The molecular formula is C30H26BrN7O4. The number of rotatable bonds is 7. The second-order valence-electron chi connectivity index (χ2n) is 10.6. The number of nitrogens with one attached hydrogen (secondary N) is 1. The summed E-state index contributed by atoms with van der Waals surface area (Å²) >= 11 is 3.32. The minimum atomic E-state index is -0.903. The van der Waals surface area contributed by atoms with Gasteiger partial charge in [0.1, 0.15) is 40.6 Å². The molecule has 212 valence electrons. The number of amides is 2. The number of halogens is 1. The maximum atomic E-state index is 13.9. The molecular weight excluding hydrogens is 602 g/mol. The number of aliphatic hydroxyl groups is 1. The second kappa shape index (κ2) is 10.4. The number of Topliss-reactive ketones (excluding diaryl/α,β-unsaturated/α-hetero) is 1. The third kappa shape index (κ3) is 4.64. The summed E-state index contributed by atoms with van der Waals surface area (Å²) in [4.78, 5) is 54.3. The fourth-order valence-corrected chi connectivity index (χ4v) is 5.82. The van der Waals surface area contributed by atoms with E-state index in [0.29, 0.717) is 27.1 Å². The van der Waals surface area contributed by atoms with Crippen LogP contribution in [0.3, 0.4) is 0 Å². The van der Waals surface area contributed by atoms with Crippen LogP contribution in [-0.4, -0.2) is 71.0 Å². The summed E-state index contributed by atoms with van der Waals surface area (Å²) < 4.78 is 2.03. The predicted molar refractivity (Wildman–Crippen MR) is 157 cm³/mol. The number of aliphatic hydroxyl groups excluding tert-OH is 1. The molecule has 1 saturated heterocycles. The molecule has 0 radical (unpaired) electrons. The Morgan fingerprint density at radius 2 is 1.90 bits per heavy atom. The van der Waals surface area contributed by atoms with Crippen LogP contribution in [0.25, 0.3) is 22.0 Å². The first-order chi connectivity index (χ1) is 20.1. The molecule has 6 rings (SSSR count). The highest BCUT2D eigenvalue weighted by Crippen LogP contribution is 2.45. The summed E-state index contributed by atoms with van der Waals surface area (Å²) in [5, 5.41) is 18.1. The fourth-order valence-electron chi connectivity index (χ4n) is 5.51. The molecule has 0 bridgehead atoms. The number of fused-ring (bicyclic) bond motifs is 2. The number of carbonyl (C=O) groups is 3. The lowest BCUT2D eigenvalue weighted by atomic mass is 9.74. The molecule has 42 heavy (non-hydrogen) atoms. The van der Waals surface area contributed by atoms with Gasteiger partial charge in [0.05, 0.1) is 17.5 Å². The first kappa shape index (κ1) is 27.7. The molecule has 2 N–H and O–H groups in total. The molecule has 3 atom stereocenters. The van der Waals surface area contributed by atoms with Crippen LogP contribution in [-0.2, 0) is 16.1 Å². The van der Waals surface area contributed by atoms with Gasteiger partial charge in [-0.1, -0.05) is 24.0 Å². The molecule has 1 aromatic carbocycles. The molecule has 2 aliphatic rings. The molecule has 0 spiro atoms. The Hall–Kier alpha value is -4.47. The molecule has 1 aliphatic carbocycles. The highest BCUT2D eigenvalue weighted by atomic mass is 79.9. The molecule has 3 aromatic heterocycles. The lowest BCUT2D eigenvalue weighted by Crippen LogP contribution is -2.51. The molecule has 1 aliphatic heterocycles. The van der Waals surface area contributed by atoms with Crippen molar-refractivity contribution in [1.82, 2.24) is 29.6 Å². The Kier molecular flexibility index (Phi) is 6.87. The van der Waals surface area contributed by atoms with E-state index < -0.39 is 29.3 Å². The number of pyridine rings is 1. The number of aryl methyl sites for hydroxylation is 2. The van der Waals surface area contributed by atoms with E-state index >= 15 is 0 Å². The first-order valence-corrected chi connectivity index (χ1v) is 14.1. The lowest BCUT2D eigenvalue weighted by Gasteiger charge is -2.35. The van der Waals surface area contributed by atoms with Gasteiger partial charge in [0.2, 0.25) is 11.8 Å². The van der Waals surface area contributed by atoms with Gasteiger partial charge < -0.3 is 15.3 Å². The fraction of sp³-hybridized carbons (Fsp3) is 0.300. The van der Waals surface area contributed by atoms with Crippen LogP contribution in [0.1, 0.15) is 35.2 Å². The Morgan fingerprint density at radius 1 is 1.14 bits per heavy atom. The van der Waals surface area contributed by atoms with E-state index in [2.05, 4.69) is 53.1 Å². The highest BCUT2D eigenvalue weighted by molar-refractivity contribution is 9.10. The van der Waals surface area contributed by atoms with Gasteiger partial charge in [-0.15, -0.1) is 0 Å². The van der Waals surface area contributed by atoms with E-state index in [9.17, 15) is 19.5 Å². The van der Waals surface area contributed by atoms with Crippen LogP contribution >= 0.6 is 15.9 Å². The summed E-state index contributed by atoms with van der Waals surface area (Å²) in [6.07, 6.45) is 3.61. The number of ketones is 1. The third-order valence-corrected chi connectivity index (χ3v) is 8.26. The van der Waals surface area contributed by atoms with Gasteiger partial charge >= 0.3 is 0 Å². The zero-order valence-electron chi connectivity index (χ0n) is 23.1. The van der Waals surface area contributed by atoms with E-state index in [1.54, 1.807) is 31.5 Å². The average molecular weight is 628 g/mol. The average Bonchev–Trinajstić information content (AvgIpc) is 3.43. The molecule has 2 amide bonds. The van der Waals surface area contributed by atoms with Gasteiger partial charge in [0.25, 0.3) is 0 Å². The van der Waals surface area contributed by atoms with Crippen molar-refractivity contribution in [2.24, 2.45) is 5.41 Å². The molecule has 11 nitrogen and oxygen atoms in total. The third-order valence-electron chi connectivity index (χ3n) is 7.81. The van der Waals surface area contributed by atoms with Crippen LogP contribution in [0, 0.1) is 31.1 Å². The predicted octanol–water partition coefficient (Wildman–Crippen LogP) is 3.07. The van der Waals surface area contributed by atoms with Crippen molar-refractivity contribution in [2.75, 3.05) is 11.9 Å². The van der Waals surface area contributed by atoms with Gasteiger partial charge in [-0.05, 0) is 65.5 Å². The zero-order valence-corrected chi connectivity index (χ0v) is 24.6. The van der Waals surface area contributed by atoms with Gasteiger partial charge in [-0.2, -0.15) is 5.10 Å². The number of benzene rings is 1. The van der Waals surface area contributed by atoms with E-state index in [0.717, 1.165) is 16.7 Å². The molecule has 4 aromatic rings. The summed E-state index contributed by atoms with van der Waals surface area (Å²) in [5.74, 6) is 5.90. The SMILES string of the molecule is CC(=O)c1nn(CC(=O)N2[C@H](C(=O)Nc3nc(Br)ccc3C)C[C@@]3(CO)C#C[C@@H]23)c2ccc(-c3cnc(C)nc3)cc12. The molecule has 1 fully saturated rings. The van der Waals surface area contributed by atoms with Crippen molar-refractivity contribution in [3.05, 3.63) is 64.4 Å². The molecule has 0 saturated carbocycles. The molecule has 4 heterocycles. The molecule has 0 unspecified atom stereocenters. The van der Waals surface area contributed by atoms with Crippen LogP contribution in [0.4, 0.5) is 5.82 Å². The maximum absolute atomic E-state index is 13.9. The Labute approximate surface area is 249 Å². The molecule has 12 heteroatoms. The summed E-state index contributed by atoms with van der Waals surface area (Å²) in [6, 6.07) is 7.56. The second-order valence-corrected chi connectivity index (χ2v) is 11.4. The van der Waals surface area contributed by atoms with Crippen molar-refractivity contribution in [3.8, 4) is 23.0 Å². The van der Waals surface area contributed by atoms with Gasteiger partial charge in [0.15, 0.2) is 5.78 Å². The number of hydrogen-bond acceptors (Lipinski definition) is 8. The monoisotopic (exact) mass is 627 g/mol. The summed E-state index contributed by atoms with van der Waals surface area (Å²) in [7, 11) is 0. The number of nitrogens with zero attached hydrogens (tertiary/aromatic N) is 6. The van der Waals surface area contributed by atoms with Crippen LogP contribution in [0.2, 0.25) is 0 Å². The Bertz CT molecular complexity index is 1840. The van der Waals surface area contributed by atoms with Gasteiger partial charge in [-0.25, -0.2) is 15.0 Å². The Balaban J connectivity index is 1.32. The zero-order chi connectivity index (χ0) is 29.8. The van der Waals surface area contributed by atoms with Crippen molar-refractivity contribution in [2.45, 2.75) is 45.8 Å². The summed E-state index contributed by atoms with van der Waals surface area (Å²) in [5.41, 5.74) is 2.29. The summed E-state index contributed by atoms with van der Waals surface area (Å²) in [6.45, 7) is 4.54. The quantitative estimate of drug-likeness (QED) is 0.181. The Morgan fingerprint density at radius 3 is 2.57 bits per heavy atom. The van der Waals surface area contributed by atoms with Gasteiger partial charge in [0, 0.05) is 30.3 Å². The number of hydrogen-bond donors (Lipinski definition) is 2.